The highest BCUT2D eigenvalue weighted by atomic mass is 32.2. The predicted molar refractivity (Wildman–Crippen MR) is 135 cm³/mol. The zero-order valence-electron chi connectivity index (χ0n) is 19.5. The molecule has 0 saturated heterocycles. The minimum Gasteiger partial charge on any atom is -0.494 e. The zero-order chi connectivity index (χ0) is 24.6. The van der Waals surface area contributed by atoms with Crippen LogP contribution in [0, 0.1) is 17.0 Å². The standard InChI is InChI=1S/C26H26N4O4S/c1-3-33-23-15-11-22(12-16-23)30-19(2)27-28-26(30)35-25(17-29(31)32)21-9-13-24(14-10-21)34-18-20-7-5-4-6-8-20/h4-16,25H,3,17-18H2,1-2H3/t25-/m0/s1. The number of nitrogens with zero attached hydrogens (tertiary/aromatic N) is 4. The second-order valence-electron chi connectivity index (χ2n) is 7.76. The summed E-state index contributed by atoms with van der Waals surface area (Å²) in [4.78, 5) is 11.2. The van der Waals surface area contributed by atoms with Gasteiger partial charge in [-0.2, -0.15) is 0 Å². The predicted octanol–water partition coefficient (Wildman–Crippen LogP) is 5.66. The van der Waals surface area contributed by atoms with E-state index >= 15 is 0 Å². The topological polar surface area (TPSA) is 92.3 Å². The fourth-order valence-electron chi connectivity index (χ4n) is 3.57. The maximum absolute atomic E-state index is 11.5. The van der Waals surface area contributed by atoms with Gasteiger partial charge in [0, 0.05) is 10.6 Å². The van der Waals surface area contributed by atoms with E-state index in [1.807, 2.05) is 97.3 Å². The molecule has 35 heavy (non-hydrogen) atoms. The van der Waals surface area contributed by atoms with Crippen LogP contribution in [0.2, 0.25) is 0 Å². The third-order valence-electron chi connectivity index (χ3n) is 5.26. The van der Waals surface area contributed by atoms with Crippen molar-refractivity contribution < 1.29 is 14.4 Å². The molecule has 8 nitrogen and oxygen atoms in total. The Morgan fingerprint density at radius 3 is 2.26 bits per heavy atom. The summed E-state index contributed by atoms with van der Waals surface area (Å²) in [6, 6.07) is 24.9. The van der Waals surface area contributed by atoms with Gasteiger partial charge in [0.1, 0.15) is 29.2 Å². The van der Waals surface area contributed by atoms with Crippen molar-refractivity contribution in [3.05, 3.63) is 106 Å². The van der Waals surface area contributed by atoms with Gasteiger partial charge in [-0.05, 0) is 61.4 Å². The fraction of sp³-hybridized carbons (Fsp3) is 0.231. The Bertz CT molecular complexity index is 1240. The van der Waals surface area contributed by atoms with E-state index in [0.29, 0.717) is 29.9 Å². The summed E-state index contributed by atoms with van der Waals surface area (Å²) in [7, 11) is 0. The Balaban J connectivity index is 1.52. The smallest absolute Gasteiger partial charge is 0.220 e. The maximum Gasteiger partial charge on any atom is 0.220 e. The molecule has 0 bridgehead atoms. The van der Waals surface area contributed by atoms with E-state index in [9.17, 15) is 10.1 Å². The Morgan fingerprint density at radius 1 is 0.943 bits per heavy atom. The molecule has 3 aromatic carbocycles. The van der Waals surface area contributed by atoms with Gasteiger partial charge in [-0.3, -0.25) is 14.7 Å². The van der Waals surface area contributed by atoms with E-state index in [1.165, 1.54) is 11.8 Å². The average molecular weight is 491 g/mol. The molecular weight excluding hydrogens is 464 g/mol. The Hall–Kier alpha value is -3.85. The highest BCUT2D eigenvalue weighted by molar-refractivity contribution is 7.99. The first-order chi connectivity index (χ1) is 17.0. The summed E-state index contributed by atoms with van der Waals surface area (Å²) >= 11 is 1.32. The van der Waals surface area contributed by atoms with Crippen LogP contribution in [0.1, 0.15) is 29.1 Å². The number of thioether (sulfide) groups is 1. The minimum atomic E-state index is -0.446. The van der Waals surface area contributed by atoms with Crippen LogP contribution in [0.3, 0.4) is 0 Å². The number of benzene rings is 3. The van der Waals surface area contributed by atoms with Crippen molar-refractivity contribution in [1.29, 1.82) is 0 Å². The number of aromatic nitrogens is 3. The Kier molecular flexibility index (Phi) is 7.99. The summed E-state index contributed by atoms with van der Waals surface area (Å²) in [6.07, 6.45) is 0. The van der Waals surface area contributed by atoms with Gasteiger partial charge in [0.25, 0.3) is 0 Å². The summed E-state index contributed by atoms with van der Waals surface area (Å²) in [5.41, 5.74) is 2.75. The molecular formula is C26H26N4O4S. The number of rotatable bonds is 11. The molecule has 4 aromatic rings. The van der Waals surface area contributed by atoms with Crippen LogP contribution in [0.5, 0.6) is 11.5 Å². The van der Waals surface area contributed by atoms with E-state index in [1.54, 1.807) is 0 Å². The molecule has 180 valence electrons. The molecule has 9 heteroatoms. The van der Waals surface area contributed by atoms with Gasteiger partial charge in [0.05, 0.1) is 6.61 Å². The van der Waals surface area contributed by atoms with Crippen LogP contribution < -0.4 is 9.47 Å². The van der Waals surface area contributed by atoms with Crippen molar-refractivity contribution >= 4 is 11.8 Å². The molecule has 0 aliphatic carbocycles. The van der Waals surface area contributed by atoms with Gasteiger partial charge >= 0.3 is 0 Å². The van der Waals surface area contributed by atoms with E-state index in [0.717, 1.165) is 22.6 Å². The number of aryl methyl sites for hydroxylation is 1. The lowest BCUT2D eigenvalue weighted by Gasteiger charge is -2.15. The molecule has 0 spiro atoms. The summed E-state index contributed by atoms with van der Waals surface area (Å²) < 4.78 is 13.3. The summed E-state index contributed by atoms with van der Waals surface area (Å²) in [5.74, 6) is 2.18. The van der Waals surface area contributed by atoms with Crippen molar-refractivity contribution in [3.63, 3.8) is 0 Å². The number of hydrogen-bond donors (Lipinski definition) is 0. The van der Waals surface area contributed by atoms with Crippen LogP contribution >= 0.6 is 11.8 Å². The van der Waals surface area contributed by atoms with Crippen molar-refractivity contribution in [2.24, 2.45) is 0 Å². The van der Waals surface area contributed by atoms with Gasteiger partial charge in [-0.25, -0.2) is 0 Å². The van der Waals surface area contributed by atoms with Crippen molar-refractivity contribution in [1.82, 2.24) is 14.8 Å². The molecule has 1 heterocycles. The lowest BCUT2D eigenvalue weighted by atomic mass is 10.1. The molecule has 0 fully saturated rings. The highest BCUT2D eigenvalue weighted by Crippen LogP contribution is 2.36. The molecule has 1 aromatic heterocycles. The Labute approximate surface area is 208 Å². The third-order valence-corrected chi connectivity index (χ3v) is 6.44. The highest BCUT2D eigenvalue weighted by Gasteiger charge is 2.24. The molecule has 0 aliphatic heterocycles. The van der Waals surface area contributed by atoms with E-state index in [4.69, 9.17) is 9.47 Å². The van der Waals surface area contributed by atoms with Gasteiger partial charge in [0.15, 0.2) is 5.16 Å². The number of ether oxygens (including phenoxy) is 2. The average Bonchev–Trinajstić information content (AvgIpc) is 3.23. The van der Waals surface area contributed by atoms with Crippen molar-refractivity contribution in [2.75, 3.05) is 13.2 Å². The van der Waals surface area contributed by atoms with E-state index < -0.39 is 5.25 Å². The SMILES string of the molecule is CCOc1ccc(-n2c(C)nnc2S[C@@H](C[N+](=O)[O-])c2ccc(OCc3ccccc3)cc2)cc1. The first-order valence-electron chi connectivity index (χ1n) is 11.2. The minimum absolute atomic E-state index is 0.246. The first-order valence-corrected chi connectivity index (χ1v) is 12.1. The van der Waals surface area contributed by atoms with Gasteiger partial charge in [-0.1, -0.05) is 54.2 Å². The van der Waals surface area contributed by atoms with E-state index in [-0.39, 0.29) is 11.5 Å². The Morgan fingerprint density at radius 2 is 1.60 bits per heavy atom. The van der Waals surface area contributed by atoms with Crippen LogP contribution in [0.25, 0.3) is 5.69 Å². The lowest BCUT2D eigenvalue weighted by Crippen LogP contribution is -2.11. The molecule has 0 N–H and O–H groups in total. The summed E-state index contributed by atoms with van der Waals surface area (Å²) in [6.45, 7) is 4.59. The fourth-order valence-corrected chi connectivity index (χ4v) is 4.74. The summed E-state index contributed by atoms with van der Waals surface area (Å²) in [5, 5.41) is 20.1. The van der Waals surface area contributed by atoms with Crippen molar-refractivity contribution in [2.45, 2.75) is 30.9 Å². The van der Waals surface area contributed by atoms with Crippen LogP contribution in [0.15, 0.2) is 84.0 Å². The van der Waals surface area contributed by atoms with E-state index in [2.05, 4.69) is 10.2 Å². The number of hydrogen-bond acceptors (Lipinski definition) is 7. The monoisotopic (exact) mass is 490 g/mol. The normalized spacial score (nSPS) is 11.7. The lowest BCUT2D eigenvalue weighted by molar-refractivity contribution is -0.479. The van der Waals surface area contributed by atoms with Gasteiger partial charge < -0.3 is 9.47 Å². The van der Waals surface area contributed by atoms with Gasteiger partial charge in [0.2, 0.25) is 6.54 Å². The largest absolute Gasteiger partial charge is 0.494 e. The van der Waals surface area contributed by atoms with Crippen LogP contribution in [0.4, 0.5) is 0 Å². The maximum atomic E-state index is 11.5. The van der Waals surface area contributed by atoms with Crippen LogP contribution in [-0.4, -0.2) is 32.8 Å². The molecule has 1 atom stereocenters. The zero-order valence-corrected chi connectivity index (χ0v) is 20.4. The van der Waals surface area contributed by atoms with Crippen molar-refractivity contribution in [3.8, 4) is 17.2 Å². The third kappa shape index (κ3) is 6.39. The molecule has 0 saturated carbocycles. The second kappa shape index (κ2) is 11.5. The van der Waals surface area contributed by atoms with Crippen LogP contribution in [-0.2, 0) is 6.61 Å². The second-order valence-corrected chi connectivity index (χ2v) is 8.93. The molecule has 0 amide bonds. The molecule has 0 unspecified atom stereocenters. The molecule has 4 rings (SSSR count). The quantitative estimate of drug-likeness (QED) is 0.152. The molecule has 0 radical (unpaired) electrons. The molecule has 0 aliphatic rings. The number of nitro groups is 1. The van der Waals surface area contributed by atoms with Gasteiger partial charge in [-0.15, -0.1) is 10.2 Å². The first kappa shape index (κ1) is 24.3.